The first kappa shape index (κ1) is 18.0. The summed E-state index contributed by atoms with van der Waals surface area (Å²) < 4.78 is 29.1. The molecule has 2 aliphatic heterocycles. The fraction of sp³-hybridized carbons (Fsp3) is 0.615. The Hall–Kier alpha value is -1.40. The third-order valence-electron chi connectivity index (χ3n) is 4.43. The van der Waals surface area contributed by atoms with Crippen molar-refractivity contribution in [2.75, 3.05) is 26.6 Å². The molecule has 142 valence electrons. The van der Waals surface area contributed by atoms with Crippen molar-refractivity contribution in [3.05, 3.63) is 6.33 Å². The van der Waals surface area contributed by atoms with Gasteiger partial charge in [-0.1, -0.05) is 0 Å². The van der Waals surface area contributed by atoms with Crippen molar-refractivity contribution in [2.45, 2.75) is 31.0 Å². The number of nitrogens with zero attached hydrogens (tertiary/aromatic N) is 4. The van der Waals surface area contributed by atoms with Crippen LogP contribution in [0, 0.1) is 0 Å². The lowest BCUT2D eigenvalue weighted by atomic mass is 9.96. The second-order valence-corrected chi connectivity index (χ2v) is 9.19. The number of nitrogen functional groups attached to an aromatic ring is 1. The van der Waals surface area contributed by atoms with Crippen LogP contribution in [-0.4, -0.2) is 63.3 Å². The number of fused-ring (bicyclic) bond motifs is 2. The van der Waals surface area contributed by atoms with Crippen molar-refractivity contribution in [3.63, 3.8) is 0 Å². The number of ether oxygens (including phenoxy) is 2. The molecular weight excluding hydrogens is 385 g/mol. The highest BCUT2D eigenvalue weighted by Gasteiger charge is 2.59. The van der Waals surface area contributed by atoms with Crippen LogP contribution in [0.5, 0.6) is 5.88 Å². The Kier molecular flexibility index (Phi) is 4.19. The molecule has 0 aromatic carbocycles. The molecule has 2 aliphatic rings. The van der Waals surface area contributed by atoms with E-state index >= 15 is 0 Å². The topological polar surface area (TPSA) is 136 Å². The Bertz CT molecular complexity index is 907. The number of methoxy groups -OCH3 is 1. The Morgan fingerprint density at radius 2 is 2.23 bits per heavy atom. The summed E-state index contributed by atoms with van der Waals surface area (Å²) in [7, 11) is 2.87. The fourth-order valence-electron chi connectivity index (χ4n) is 3.19. The van der Waals surface area contributed by atoms with Gasteiger partial charge in [0.15, 0.2) is 17.4 Å². The summed E-state index contributed by atoms with van der Waals surface area (Å²) in [5, 5.41) is 11.2. The predicted molar refractivity (Wildman–Crippen MR) is 92.9 cm³/mol. The summed E-state index contributed by atoms with van der Waals surface area (Å²) in [6, 6.07) is 0. The third kappa shape index (κ3) is 2.61. The predicted octanol–water partition coefficient (Wildman–Crippen LogP) is 0.352. The lowest BCUT2D eigenvalue weighted by Crippen LogP contribution is -2.47. The molecule has 3 N–H and O–H groups in total. The number of hydrogen-bond acceptors (Lipinski definition) is 11. The van der Waals surface area contributed by atoms with E-state index in [-0.39, 0.29) is 18.4 Å². The molecular formula is C13H18N5O6PS. The molecule has 1 unspecified atom stereocenters. The van der Waals surface area contributed by atoms with Crippen molar-refractivity contribution in [3.8, 4) is 5.88 Å². The summed E-state index contributed by atoms with van der Waals surface area (Å²) >= 11 is 5.25. The largest absolute Gasteiger partial charge is 0.479 e. The minimum Gasteiger partial charge on any atom is -0.479 e. The van der Waals surface area contributed by atoms with Gasteiger partial charge in [0.2, 0.25) is 11.8 Å². The molecule has 11 nitrogen and oxygen atoms in total. The van der Waals surface area contributed by atoms with Crippen molar-refractivity contribution < 1.29 is 28.2 Å². The number of aromatic nitrogens is 4. The van der Waals surface area contributed by atoms with Crippen LogP contribution in [0.15, 0.2) is 6.33 Å². The van der Waals surface area contributed by atoms with E-state index in [0.717, 1.165) is 0 Å². The molecule has 2 saturated heterocycles. The number of imidazole rings is 1. The van der Waals surface area contributed by atoms with E-state index in [4.69, 9.17) is 40.6 Å². The monoisotopic (exact) mass is 403 g/mol. The standard InChI is InChI=1S/C13H18N5O6PS/c1-13(19)8-6(4-22-25(26,21-3)24-8)23-11(13)18-5-15-7-9(18)16-12(14)17-10(7)20-2/h5-6,8,11,19H,4H2,1-3H3,(H2,14,16,17)/t6-,8-,11-,13-,25?/m1/s1. The average molecular weight is 403 g/mol. The zero-order valence-electron chi connectivity index (χ0n) is 14.2. The van der Waals surface area contributed by atoms with Gasteiger partial charge in [-0.2, -0.15) is 9.97 Å². The molecule has 0 saturated carbocycles. The number of aliphatic hydroxyl groups is 1. The van der Waals surface area contributed by atoms with Crippen molar-refractivity contribution in [1.29, 1.82) is 0 Å². The Labute approximate surface area is 153 Å². The first-order chi connectivity index (χ1) is 12.3. The maximum Gasteiger partial charge on any atom is 0.327 e. The molecule has 0 aliphatic carbocycles. The SMILES string of the molecule is COc1nc(N)nc2c1ncn2[C@@H]1O[C@@H]2COP(=S)(OC)O[C@H]2[C@@]1(C)O. The summed E-state index contributed by atoms with van der Waals surface area (Å²) in [6.45, 7) is -1.17. The molecule has 13 heteroatoms. The highest BCUT2D eigenvalue weighted by Crippen LogP contribution is 2.58. The number of nitrogens with two attached hydrogens (primary N) is 1. The van der Waals surface area contributed by atoms with Gasteiger partial charge in [0.1, 0.15) is 17.8 Å². The van der Waals surface area contributed by atoms with Gasteiger partial charge in [0.05, 0.1) is 20.0 Å². The molecule has 0 amide bonds. The third-order valence-corrected chi connectivity index (χ3v) is 6.85. The van der Waals surface area contributed by atoms with E-state index in [1.807, 2.05) is 0 Å². The van der Waals surface area contributed by atoms with Crippen LogP contribution in [0.3, 0.4) is 0 Å². The van der Waals surface area contributed by atoms with Crippen LogP contribution in [-0.2, 0) is 30.1 Å². The molecule has 4 rings (SSSR count). The van der Waals surface area contributed by atoms with Gasteiger partial charge >= 0.3 is 6.72 Å². The molecule has 2 fully saturated rings. The van der Waals surface area contributed by atoms with Gasteiger partial charge < -0.3 is 29.4 Å². The second kappa shape index (κ2) is 6.06. The molecule has 5 atom stereocenters. The van der Waals surface area contributed by atoms with Gasteiger partial charge in [-0.05, 0) is 18.7 Å². The van der Waals surface area contributed by atoms with Crippen molar-refractivity contribution >= 4 is 35.6 Å². The van der Waals surface area contributed by atoms with Gasteiger partial charge in [0.25, 0.3) is 0 Å². The maximum absolute atomic E-state index is 11.2. The number of hydrogen-bond donors (Lipinski definition) is 2. The minimum absolute atomic E-state index is 0.0145. The van der Waals surface area contributed by atoms with E-state index in [2.05, 4.69) is 15.0 Å². The minimum atomic E-state index is -2.91. The normalized spacial score (nSPS) is 37.0. The second-order valence-electron chi connectivity index (χ2n) is 6.12. The van der Waals surface area contributed by atoms with Crippen LogP contribution >= 0.6 is 6.72 Å². The summed E-state index contributed by atoms with van der Waals surface area (Å²) in [6.07, 6.45) is -0.640. The van der Waals surface area contributed by atoms with Gasteiger partial charge in [-0.15, -0.1) is 0 Å². The van der Waals surface area contributed by atoms with Crippen molar-refractivity contribution in [2.24, 2.45) is 0 Å². The van der Waals surface area contributed by atoms with Crippen molar-refractivity contribution in [1.82, 2.24) is 19.5 Å². The van der Waals surface area contributed by atoms with E-state index < -0.39 is 30.8 Å². The van der Waals surface area contributed by atoms with E-state index in [0.29, 0.717) is 11.2 Å². The molecule has 0 spiro atoms. The van der Waals surface area contributed by atoms with Gasteiger partial charge in [0, 0.05) is 7.11 Å². The molecule has 2 aromatic heterocycles. The highest BCUT2D eigenvalue weighted by molar-refractivity contribution is 8.07. The quantitative estimate of drug-likeness (QED) is 0.687. The highest BCUT2D eigenvalue weighted by atomic mass is 32.5. The van der Waals surface area contributed by atoms with Crippen LogP contribution in [0.25, 0.3) is 11.2 Å². The average Bonchev–Trinajstić information content (AvgIpc) is 3.13. The number of rotatable bonds is 3. The van der Waals surface area contributed by atoms with Gasteiger partial charge in [-0.3, -0.25) is 9.09 Å². The Balaban J connectivity index is 1.77. The van der Waals surface area contributed by atoms with Crippen LogP contribution < -0.4 is 10.5 Å². The van der Waals surface area contributed by atoms with E-state index in [1.165, 1.54) is 20.5 Å². The zero-order valence-corrected chi connectivity index (χ0v) is 15.9. The van der Waals surface area contributed by atoms with Crippen LogP contribution in [0.1, 0.15) is 13.2 Å². The molecule has 0 radical (unpaired) electrons. The lowest BCUT2D eigenvalue weighted by Gasteiger charge is -2.36. The van der Waals surface area contributed by atoms with Crippen LogP contribution in [0.2, 0.25) is 0 Å². The first-order valence-corrected chi connectivity index (χ1v) is 10.3. The zero-order chi connectivity index (χ0) is 18.7. The van der Waals surface area contributed by atoms with Gasteiger partial charge in [-0.25, -0.2) is 4.98 Å². The lowest BCUT2D eigenvalue weighted by molar-refractivity contribution is -0.0890. The first-order valence-electron chi connectivity index (χ1n) is 7.69. The smallest absolute Gasteiger partial charge is 0.327 e. The molecule has 26 heavy (non-hydrogen) atoms. The maximum atomic E-state index is 11.2. The molecule has 0 bridgehead atoms. The summed E-state index contributed by atoms with van der Waals surface area (Å²) in [5.41, 5.74) is 5.07. The fourth-order valence-corrected chi connectivity index (χ4v) is 4.86. The summed E-state index contributed by atoms with van der Waals surface area (Å²) in [5.74, 6) is 0.247. The number of anilines is 1. The Morgan fingerprint density at radius 1 is 1.46 bits per heavy atom. The van der Waals surface area contributed by atoms with Crippen LogP contribution in [0.4, 0.5) is 5.95 Å². The summed E-state index contributed by atoms with van der Waals surface area (Å²) in [4.78, 5) is 12.5. The molecule has 4 heterocycles. The van der Waals surface area contributed by atoms with E-state index in [1.54, 1.807) is 11.5 Å². The molecule has 2 aromatic rings. The van der Waals surface area contributed by atoms with E-state index in [9.17, 15) is 5.11 Å². The Morgan fingerprint density at radius 3 is 2.92 bits per heavy atom.